The van der Waals surface area contributed by atoms with Crippen molar-refractivity contribution in [2.45, 2.75) is 38.5 Å². The van der Waals surface area contributed by atoms with E-state index in [9.17, 15) is 0 Å². The number of fused-ring (bicyclic) bond motifs is 7. The lowest BCUT2D eigenvalue weighted by molar-refractivity contribution is 0.639. The molecule has 0 N–H and O–H groups in total. The molecule has 0 aliphatic heterocycles. The summed E-state index contributed by atoms with van der Waals surface area (Å²) in [7, 11) is 0. The Morgan fingerprint density at radius 2 is 0.868 bits per heavy atom. The Balaban J connectivity index is 1.25. The van der Waals surface area contributed by atoms with Crippen LogP contribution in [0, 0.1) is 0 Å². The molecule has 2 aliphatic rings. The molecule has 0 amide bonds. The average molecular weight is 680 g/mol. The molecule has 10 rings (SSSR count). The molecule has 0 fully saturated rings. The summed E-state index contributed by atoms with van der Waals surface area (Å²) in [6.07, 6.45) is 0. The van der Waals surface area contributed by atoms with Crippen molar-refractivity contribution in [2.75, 3.05) is 4.90 Å². The first kappa shape index (κ1) is 31.5. The van der Waals surface area contributed by atoms with Crippen LogP contribution in [-0.2, 0) is 10.8 Å². The minimum atomic E-state index is -0.173. The highest BCUT2D eigenvalue weighted by molar-refractivity contribution is 6.05. The van der Waals surface area contributed by atoms with Gasteiger partial charge in [-0.2, -0.15) is 0 Å². The van der Waals surface area contributed by atoms with Crippen molar-refractivity contribution < 1.29 is 0 Å². The Bertz CT molecular complexity index is 2720. The second-order valence-corrected chi connectivity index (χ2v) is 15.8. The van der Waals surface area contributed by atoms with Crippen LogP contribution in [0.2, 0.25) is 0 Å². The molecule has 0 bridgehead atoms. The highest BCUT2D eigenvalue weighted by atomic mass is 15.1. The van der Waals surface area contributed by atoms with Gasteiger partial charge in [0.1, 0.15) is 0 Å². The lowest BCUT2D eigenvalue weighted by Gasteiger charge is -2.28. The van der Waals surface area contributed by atoms with E-state index in [0.717, 1.165) is 17.1 Å². The van der Waals surface area contributed by atoms with Gasteiger partial charge in [0.05, 0.1) is 0 Å². The zero-order valence-corrected chi connectivity index (χ0v) is 30.7. The van der Waals surface area contributed by atoms with Gasteiger partial charge in [0.25, 0.3) is 0 Å². The third-order valence-electron chi connectivity index (χ3n) is 12.0. The second kappa shape index (κ2) is 11.7. The van der Waals surface area contributed by atoms with E-state index in [-0.39, 0.29) is 10.8 Å². The monoisotopic (exact) mass is 679 g/mol. The van der Waals surface area contributed by atoms with E-state index < -0.39 is 0 Å². The third-order valence-corrected chi connectivity index (χ3v) is 12.0. The highest BCUT2D eigenvalue weighted by Crippen LogP contribution is 2.61. The van der Waals surface area contributed by atoms with Gasteiger partial charge in [-0.15, -0.1) is 0 Å². The standard InChI is InChI=1S/C52H41N/c1-51(2)44-25-14-13-24-42(44)49-46(51)33-47-50(48(49)36-19-9-6-10-20-36)43-32-41(28-29-45(43)52(47,3)4)53(40-27-26-35-18-11-12-21-37(35)31-40)39-23-15-22-38(30-39)34-16-7-5-8-17-34/h5-33H,1-4H3. The topological polar surface area (TPSA) is 3.24 Å². The van der Waals surface area contributed by atoms with Crippen molar-refractivity contribution in [1.29, 1.82) is 0 Å². The molecule has 0 saturated carbocycles. The van der Waals surface area contributed by atoms with Crippen molar-refractivity contribution in [3.63, 3.8) is 0 Å². The van der Waals surface area contributed by atoms with Crippen molar-refractivity contribution in [1.82, 2.24) is 0 Å². The fraction of sp³-hybridized carbons (Fsp3) is 0.115. The molecule has 0 saturated heterocycles. The quantitative estimate of drug-likeness (QED) is 0.175. The normalized spacial score (nSPS) is 14.3. The number of hydrogen-bond donors (Lipinski definition) is 0. The summed E-state index contributed by atoms with van der Waals surface area (Å²) >= 11 is 0. The summed E-state index contributed by atoms with van der Waals surface area (Å²) in [4.78, 5) is 2.44. The molecule has 53 heavy (non-hydrogen) atoms. The molecule has 2 aliphatic carbocycles. The Morgan fingerprint density at radius 1 is 0.321 bits per heavy atom. The van der Waals surface area contributed by atoms with Gasteiger partial charge in [0.15, 0.2) is 0 Å². The number of rotatable bonds is 5. The molecule has 8 aromatic carbocycles. The summed E-state index contributed by atoms with van der Waals surface area (Å²) in [5.41, 5.74) is 19.2. The summed E-state index contributed by atoms with van der Waals surface area (Å²) < 4.78 is 0. The van der Waals surface area contributed by atoms with Crippen LogP contribution in [0.1, 0.15) is 49.9 Å². The van der Waals surface area contributed by atoms with Crippen LogP contribution in [0.25, 0.3) is 55.3 Å². The van der Waals surface area contributed by atoms with Crippen LogP contribution >= 0.6 is 0 Å². The molecular formula is C52H41N. The first-order chi connectivity index (χ1) is 25.8. The molecule has 0 spiro atoms. The average Bonchev–Trinajstić information content (AvgIpc) is 3.57. The predicted octanol–water partition coefficient (Wildman–Crippen LogP) is 14.3. The number of nitrogens with zero attached hydrogens (tertiary/aromatic N) is 1. The molecule has 0 radical (unpaired) electrons. The van der Waals surface area contributed by atoms with Gasteiger partial charge in [-0.3, -0.25) is 0 Å². The lowest BCUT2D eigenvalue weighted by atomic mass is 9.76. The van der Waals surface area contributed by atoms with Crippen LogP contribution in [-0.4, -0.2) is 0 Å². The van der Waals surface area contributed by atoms with Crippen LogP contribution < -0.4 is 4.90 Å². The first-order valence-corrected chi connectivity index (χ1v) is 18.8. The molecule has 0 atom stereocenters. The lowest BCUT2D eigenvalue weighted by Crippen LogP contribution is -2.19. The molecule has 8 aromatic rings. The minimum absolute atomic E-state index is 0.100. The molecule has 1 nitrogen and oxygen atoms in total. The van der Waals surface area contributed by atoms with E-state index in [4.69, 9.17) is 0 Å². The van der Waals surface area contributed by atoms with E-state index in [0.29, 0.717) is 0 Å². The van der Waals surface area contributed by atoms with Gasteiger partial charge in [-0.05, 0) is 114 Å². The van der Waals surface area contributed by atoms with Crippen molar-refractivity contribution in [2.24, 2.45) is 0 Å². The maximum Gasteiger partial charge on any atom is 0.0468 e. The predicted molar refractivity (Wildman–Crippen MR) is 225 cm³/mol. The molecule has 0 heterocycles. The van der Waals surface area contributed by atoms with Crippen LogP contribution in [0.5, 0.6) is 0 Å². The second-order valence-electron chi connectivity index (χ2n) is 15.8. The maximum atomic E-state index is 2.56. The SMILES string of the molecule is CC1(C)c2ccccc2-c2c1cc1c(c2-c2ccccc2)-c2cc(N(c3cccc(-c4ccccc4)c3)c3ccc4ccccc4c3)ccc2C1(C)C. The fourth-order valence-corrected chi connectivity index (χ4v) is 9.30. The number of hydrogen-bond acceptors (Lipinski definition) is 1. The van der Waals surface area contributed by atoms with E-state index >= 15 is 0 Å². The molecular weight excluding hydrogens is 639 g/mol. The molecule has 254 valence electrons. The maximum absolute atomic E-state index is 2.56. The Hall–Kier alpha value is -6.18. The van der Waals surface area contributed by atoms with Crippen molar-refractivity contribution in [3.05, 3.63) is 198 Å². The van der Waals surface area contributed by atoms with Gasteiger partial charge in [0.2, 0.25) is 0 Å². The van der Waals surface area contributed by atoms with Crippen LogP contribution in [0.3, 0.4) is 0 Å². The fourth-order valence-electron chi connectivity index (χ4n) is 9.30. The van der Waals surface area contributed by atoms with Gasteiger partial charge in [-0.1, -0.05) is 167 Å². The largest absolute Gasteiger partial charge is 0.310 e. The van der Waals surface area contributed by atoms with Gasteiger partial charge in [-0.25, -0.2) is 0 Å². The van der Waals surface area contributed by atoms with E-state index in [2.05, 4.69) is 209 Å². The van der Waals surface area contributed by atoms with Crippen molar-refractivity contribution >= 4 is 27.8 Å². The smallest absolute Gasteiger partial charge is 0.0468 e. The summed E-state index contributed by atoms with van der Waals surface area (Å²) in [6.45, 7) is 9.63. The van der Waals surface area contributed by atoms with Gasteiger partial charge < -0.3 is 4.90 Å². The van der Waals surface area contributed by atoms with Crippen molar-refractivity contribution in [3.8, 4) is 44.5 Å². The Morgan fingerprint density at radius 3 is 1.62 bits per heavy atom. The Labute approximate surface area is 312 Å². The molecule has 0 aromatic heterocycles. The number of benzene rings is 8. The summed E-state index contributed by atoms with van der Waals surface area (Å²) in [5.74, 6) is 0. The van der Waals surface area contributed by atoms with Gasteiger partial charge >= 0.3 is 0 Å². The van der Waals surface area contributed by atoms with E-state index in [1.807, 2.05) is 0 Å². The van der Waals surface area contributed by atoms with E-state index in [1.165, 1.54) is 77.5 Å². The first-order valence-electron chi connectivity index (χ1n) is 18.8. The number of anilines is 3. The highest BCUT2D eigenvalue weighted by Gasteiger charge is 2.44. The molecule has 1 heteroatoms. The minimum Gasteiger partial charge on any atom is -0.310 e. The summed E-state index contributed by atoms with van der Waals surface area (Å²) in [5, 5.41) is 2.47. The molecule has 0 unspecified atom stereocenters. The zero-order chi connectivity index (χ0) is 35.9. The zero-order valence-electron chi connectivity index (χ0n) is 30.7. The van der Waals surface area contributed by atoms with E-state index in [1.54, 1.807) is 0 Å². The van der Waals surface area contributed by atoms with Crippen LogP contribution in [0.4, 0.5) is 17.1 Å². The summed E-state index contributed by atoms with van der Waals surface area (Å²) in [6, 6.07) is 65.1. The van der Waals surface area contributed by atoms with Gasteiger partial charge in [0, 0.05) is 27.9 Å². The third kappa shape index (κ3) is 4.77. The van der Waals surface area contributed by atoms with Crippen LogP contribution in [0.15, 0.2) is 176 Å². The Kier molecular flexibility index (Phi) is 6.94.